The average molecular weight is 302 g/mol. The van der Waals surface area contributed by atoms with Gasteiger partial charge in [-0.1, -0.05) is 0 Å². The van der Waals surface area contributed by atoms with E-state index in [1.807, 2.05) is 27.7 Å². The molecule has 0 radical (unpaired) electrons. The fourth-order valence-electron chi connectivity index (χ4n) is 1.84. The van der Waals surface area contributed by atoms with Gasteiger partial charge >= 0.3 is 12.0 Å². The SMILES string of the molecule is CC(C)OCCCCNC(=O)N(CCCC(=O)O)C(C)C. The Bertz CT molecular complexity index is 306. The molecule has 0 aromatic carbocycles. The van der Waals surface area contributed by atoms with E-state index >= 15 is 0 Å². The fraction of sp³-hybridized carbons (Fsp3) is 0.867. The Kier molecular flexibility index (Phi) is 10.7. The monoisotopic (exact) mass is 302 g/mol. The summed E-state index contributed by atoms with van der Waals surface area (Å²) in [6.45, 7) is 9.64. The average Bonchev–Trinajstić information content (AvgIpc) is 2.37. The van der Waals surface area contributed by atoms with Crippen LogP contribution in [0.25, 0.3) is 0 Å². The van der Waals surface area contributed by atoms with E-state index in [4.69, 9.17) is 9.84 Å². The summed E-state index contributed by atoms with van der Waals surface area (Å²) in [5, 5.41) is 11.5. The van der Waals surface area contributed by atoms with Gasteiger partial charge in [-0.2, -0.15) is 0 Å². The normalized spacial score (nSPS) is 11.0. The number of hydrogen-bond acceptors (Lipinski definition) is 3. The second-order valence-electron chi connectivity index (χ2n) is 5.64. The first-order chi connectivity index (χ1) is 9.84. The molecule has 6 heteroatoms. The number of rotatable bonds is 11. The van der Waals surface area contributed by atoms with Crippen LogP contribution in [0.2, 0.25) is 0 Å². The van der Waals surface area contributed by atoms with E-state index in [1.165, 1.54) is 0 Å². The van der Waals surface area contributed by atoms with E-state index in [-0.39, 0.29) is 24.6 Å². The smallest absolute Gasteiger partial charge is 0.317 e. The van der Waals surface area contributed by atoms with Crippen LogP contribution in [0.4, 0.5) is 4.79 Å². The maximum Gasteiger partial charge on any atom is 0.317 e. The lowest BCUT2D eigenvalue weighted by atomic mass is 10.2. The van der Waals surface area contributed by atoms with Crippen LogP contribution in [0.15, 0.2) is 0 Å². The number of unbranched alkanes of at least 4 members (excludes halogenated alkanes) is 1. The third-order valence-corrected chi connectivity index (χ3v) is 2.97. The van der Waals surface area contributed by atoms with Gasteiger partial charge in [0.25, 0.3) is 0 Å². The zero-order valence-corrected chi connectivity index (χ0v) is 13.7. The van der Waals surface area contributed by atoms with Crippen LogP contribution in [0.5, 0.6) is 0 Å². The molecule has 0 fully saturated rings. The molecule has 0 rings (SSSR count). The zero-order chi connectivity index (χ0) is 16.3. The molecule has 6 nitrogen and oxygen atoms in total. The predicted molar refractivity (Wildman–Crippen MR) is 82.4 cm³/mol. The van der Waals surface area contributed by atoms with Crippen LogP contribution in [0, 0.1) is 0 Å². The highest BCUT2D eigenvalue weighted by Gasteiger charge is 2.16. The third-order valence-electron chi connectivity index (χ3n) is 2.97. The Morgan fingerprint density at radius 1 is 1.14 bits per heavy atom. The minimum absolute atomic E-state index is 0.0584. The van der Waals surface area contributed by atoms with Gasteiger partial charge in [-0.25, -0.2) is 4.79 Å². The summed E-state index contributed by atoms with van der Waals surface area (Å²) in [5.41, 5.74) is 0. The quantitative estimate of drug-likeness (QED) is 0.575. The molecule has 2 amide bonds. The molecule has 0 aliphatic rings. The van der Waals surface area contributed by atoms with Gasteiger partial charge in [0.15, 0.2) is 0 Å². The number of amides is 2. The highest BCUT2D eigenvalue weighted by Crippen LogP contribution is 2.03. The molecule has 0 unspecified atom stereocenters. The summed E-state index contributed by atoms with van der Waals surface area (Å²) >= 11 is 0. The largest absolute Gasteiger partial charge is 0.481 e. The van der Waals surface area contributed by atoms with E-state index in [2.05, 4.69) is 5.32 Å². The van der Waals surface area contributed by atoms with Crippen LogP contribution < -0.4 is 5.32 Å². The van der Waals surface area contributed by atoms with E-state index in [0.29, 0.717) is 26.1 Å². The van der Waals surface area contributed by atoms with Crippen LogP contribution >= 0.6 is 0 Å². The number of ether oxygens (including phenoxy) is 1. The Morgan fingerprint density at radius 2 is 1.81 bits per heavy atom. The van der Waals surface area contributed by atoms with Crippen molar-refractivity contribution in [1.29, 1.82) is 0 Å². The molecule has 0 saturated carbocycles. The molecule has 0 spiro atoms. The van der Waals surface area contributed by atoms with Crippen molar-refractivity contribution < 1.29 is 19.4 Å². The number of nitrogens with one attached hydrogen (secondary N) is 1. The molecule has 0 aliphatic carbocycles. The molecule has 2 N–H and O–H groups in total. The standard InChI is InChI=1S/C15H30N2O4/c1-12(2)17(10-7-8-14(18)19)15(20)16-9-5-6-11-21-13(3)4/h12-13H,5-11H2,1-4H3,(H,16,20)(H,18,19). The lowest BCUT2D eigenvalue weighted by Crippen LogP contribution is -2.44. The van der Waals surface area contributed by atoms with Gasteiger partial charge in [0, 0.05) is 32.2 Å². The van der Waals surface area contributed by atoms with Gasteiger partial charge in [0.1, 0.15) is 0 Å². The number of hydrogen-bond donors (Lipinski definition) is 2. The minimum Gasteiger partial charge on any atom is -0.481 e. The number of aliphatic carboxylic acids is 1. The second-order valence-corrected chi connectivity index (χ2v) is 5.64. The van der Waals surface area contributed by atoms with E-state index in [9.17, 15) is 9.59 Å². The lowest BCUT2D eigenvalue weighted by molar-refractivity contribution is -0.137. The van der Waals surface area contributed by atoms with Gasteiger partial charge in [0.2, 0.25) is 0 Å². The van der Waals surface area contributed by atoms with Crippen molar-refractivity contribution in [3.8, 4) is 0 Å². The fourth-order valence-corrected chi connectivity index (χ4v) is 1.84. The predicted octanol–water partition coefficient (Wildman–Crippen LogP) is 2.48. The van der Waals surface area contributed by atoms with Crippen molar-refractivity contribution in [3.63, 3.8) is 0 Å². The van der Waals surface area contributed by atoms with Crippen LogP contribution in [-0.2, 0) is 9.53 Å². The molecule has 21 heavy (non-hydrogen) atoms. The zero-order valence-electron chi connectivity index (χ0n) is 13.7. The molecule has 0 aromatic rings. The van der Waals surface area contributed by atoms with Crippen molar-refractivity contribution >= 4 is 12.0 Å². The lowest BCUT2D eigenvalue weighted by Gasteiger charge is -2.26. The highest BCUT2D eigenvalue weighted by molar-refractivity contribution is 5.74. The van der Waals surface area contributed by atoms with Crippen LogP contribution in [0.1, 0.15) is 53.4 Å². The maximum absolute atomic E-state index is 12.0. The maximum atomic E-state index is 12.0. The summed E-state index contributed by atoms with van der Waals surface area (Å²) in [4.78, 5) is 24.2. The highest BCUT2D eigenvalue weighted by atomic mass is 16.5. The number of carbonyl (C=O) groups is 2. The molecule has 0 saturated heterocycles. The van der Waals surface area contributed by atoms with Gasteiger partial charge in [-0.3, -0.25) is 4.79 Å². The molecular formula is C15H30N2O4. The van der Waals surface area contributed by atoms with Crippen molar-refractivity contribution in [1.82, 2.24) is 10.2 Å². The van der Waals surface area contributed by atoms with Gasteiger partial charge in [-0.15, -0.1) is 0 Å². The molecule has 0 aromatic heterocycles. The number of nitrogens with zero attached hydrogens (tertiary/aromatic N) is 1. The third kappa shape index (κ3) is 11.1. The van der Waals surface area contributed by atoms with Crippen molar-refractivity contribution in [3.05, 3.63) is 0 Å². The Hall–Kier alpha value is -1.30. The first-order valence-electron chi connectivity index (χ1n) is 7.72. The Morgan fingerprint density at radius 3 is 2.33 bits per heavy atom. The first kappa shape index (κ1) is 19.7. The van der Waals surface area contributed by atoms with Crippen molar-refractivity contribution in [2.45, 2.75) is 65.5 Å². The molecule has 0 atom stereocenters. The summed E-state index contributed by atoms with van der Waals surface area (Å²) in [5.74, 6) is -0.829. The number of urea groups is 1. The van der Waals surface area contributed by atoms with Crippen molar-refractivity contribution in [2.75, 3.05) is 19.7 Å². The molecule has 0 aliphatic heterocycles. The Balaban J connectivity index is 3.88. The Labute approximate surface area is 127 Å². The summed E-state index contributed by atoms with van der Waals surface area (Å²) in [6.07, 6.45) is 2.59. The van der Waals surface area contributed by atoms with Crippen LogP contribution in [0.3, 0.4) is 0 Å². The second kappa shape index (κ2) is 11.4. The molecule has 124 valence electrons. The molecule has 0 bridgehead atoms. The van der Waals surface area contributed by atoms with Gasteiger partial charge < -0.3 is 20.1 Å². The first-order valence-corrected chi connectivity index (χ1v) is 7.72. The van der Waals surface area contributed by atoms with E-state index in [0.717, 1.165) is 12.8 Å². The van der Waals surface area contributed by atoms with E-state index < -0.39 is 5.97 Å². The summed E-state index contributed by atoms with van der Waals surface area (Å²) < 4.78 is 5.43. The summed E-state index contributed by atoms with van der Waals surface area (Å²) in [6, 6.07) is -0.0664. The van der Waals surface area contributed by atoms with Crippen molar-refractivity contribution in [2.24, 2.45) is 0 Å². The molecular weight excluding hydrogens is 272 g/mol. The number of carboxylic acids is 1. The number of carboxylic acid groups (broad SMARTS) is 1. The van der Waals surface area contributed by atoms with Gasteiger partial charge in [-0.05, 0) is 47.0 Å². The van der Waals surface area contributed by atoms with Crippen LogP contribution in [-0.4, -0.2) is 53.8 Å². The minimum atomic E-state index is -0.829. The van der Waals surface area contributed by atoms with E-state index in [1.54, 1.807) is 4.90 Å². The summed E-state index contributed by atoms with van der Waals surface area (Å²) in [7, 11) is 0. The topological polar surface area (TPSA) is 78.9 Å². The molecule has 0 heterocycles. The van der Waals surface area contributed by atoms with Gasteiger partial charge in [0.05, 0.1) is 6.10 Å². The number of carbonyl (C=O) groups excluding carboxylic acids is 1.